The quantitative estimate of drug-likeness (QED) is 0.215. The highest BCUT2D eigenvalue weighted by molar-refractivity contribution is 5.91. The van der Waals surface area contributed by atoms with Crippen LogP contribution in [0.3, 0.4) is 0 Å². The Morgan fingerprint density at radius 3 is 2.03 bits per heavy atom. The van der Waals surface area contributed by atoms with Crippen molar-refractivity contribution in [2.24, 2.45) is 5.92 Å². The molecule has 0 saturated heterocycles. The first-order valence-electron chi connectivity index (χ1n) is 13.8. The maximum Gasteiger partial charge on any atom is 0.228 e. The molecule has 214 valence electrons. The molecule has 0 aliphatic rings. The summed E-state index contributed by atoms with van der Waals surface area (Å²) in [5, 5.41) is 4.23. The van der Waals surface area contributed by atoms with E-state index in [0.29, 0.717) is 18.9 Å². The second-order valence-corrected chi connectivity index (χ2v) is 9.23. The molecule has 0 amide bonds. The minimum absolute atomic E-state index is 0.319. The van der Waals surface area contributed by atoms with Gasteiger partial charge >= 0.3 is 0 Å². The Morgan fingerprint density at radius 1 is 0.897 bits per heavy atom. The first-order chi connectivity index (χ1) is 18.9. The van der Waals surface area contributed by atoms with Crippen LogP contribution in [0.15, 0.2) is 77.3 Å². The minimum Gasteiger partial charge on any atom is -0.494 e. The maximum atomic E-state index is 5.92. The summed E-state index contributed by atoms with van der Waals surface area (Å²) in [6.45, 7) is 15.9. The van der Waals surface area contributed by atoms with Crippen molar-refractivity contribution in [2.45, 2.75) is 61.2 Å². The predicted octanol–water partition coefficient (Wildman–Crippen LogP) is 9.00. The molecule has 0 unspecified atom stereocenters. The zero-order chi connectivity index (χ0) is 29.0. The van der Waals surface area contributed by atoms with E-state index < -0.39 is 0 Å². The van der Waals surface area contributed by atoms with Crippen molar-refractivity contribution in [3.63, 3.8) is 0 Å². The summed E-state index contributed by atoms with van der Waals surface area (Å²) in [6, 6.07) is 22.0. The number of rotatable bonds is 9. The third-order valence-electron chi connectivity index (χ3n) is 4.97. The lowest BCUT2D eigenvalue weighted by Crippen LogP contribution is -2.23. The molecule has 0 spiro atoms. The Labute approximate surface area is 235 Å². The molecule has 0 bridgehead atoms. The molecule has 2 heterocycles. The maximum absolute atomic E-state index is 5.92. The Balaban J connectivity index is 0.000000485. The number of aryl methyl sites for hydroxylation is 1. The monoisotopic (exact) mass is 536 g/mol. The number of nitrogens with zero attached hydrogens (tertiary/aromatic N) is 1. The van der Waals surface area contributed by atoms with E-state index in [1.165, 1.54) is 5.56 Å². The molecule has 0 atom stereocenters. The zero-order valence-corrected chi connectivity index (χ0v) is 25.3. The Bertz CT molecular complexity index is 1130. The van der Waals surface area contributed by atoms with Gasteiger partial charge in [0.1, 0.15) is 11.5 Å². The normalized spacial score (nSPS) is 10.1. The highest BCUT2D eigenvalue weighted by atomic mass is 16.7. The number of hydrogen-bond acceptors (Lipinski definition) is 6. The summed E-state index contributed by atoms with van der Waals surface area (Å²) < 4.78 is 22.0. The molecule has 6 heteroatoms. The van der Waals surface area contributed by atoms with Crippen LogP contribution in [0.2, 0.25) is 0 Å². The lowest BCUT2D eigenvalue weighted by atomic mass is 10.1. The smallest absolute Gasteiger partial charge is 0.228 e. The molecule has 4 rings (SSSR count). The Morgan fingerprint density at radius 2 is 1.51 bits per heavy atom. The van der Waals surface area contributed by atoms with E-state index in [1.54, 1.807) is 20.4 Å². The van der Waals surface area contributed by atoms with Crippen LogP contribution in [0.5, 0.6) is 5.75 Å². The Kier molecular flexibility index (Phi) is 17.0. The molecular formula is C33H48N2O4. The molecular weight excluding hydrogens is 488 g/mol. The SMILES string of the molecule is CC.CC(C)C.CCCOc1ccc(-c2cc3c(NCC(OC)OC)ccnc3o2)cc1.Cc1ccccc1. The number of methoxy groups -OCH3 is 2. The van der Waals surface area contributed by atoms with E-state index >= 15 is 0 Å². The molecule has 1 N–H and O–H groups in total. The topological polar surface area (TPSA) is 65.8 Å². The van der Waals surface area contributed by atoms with E-state index in [1.807, 2.05) is 68.4 Å². The third kappa shape index (κ3) is 12.8. The number of hydrogen-bond donors (Lipinski definition) is 1. The number of pyridine rings is 1. The largest absolute Gasteiger partial charge is 0.494 e. The fourth-order valence-corrected chi connectivity index (χ4v) is 3.16. The van der Waals surface area contributed by atoms with Gasteiger partial charge < -0.3 is 23.9 Å². The molecule has 0 aliphatic heterocycles. The molecule has 39 heavy (non-hydrogen) atoms. The van der Waals surface area contributed by atoms with Gasteiger partial charge in [-0.1, -0.05) is 77.4 Å². The summed E-state index contributed by atoms with van der Waals surface area (Å²) in [5.41, 5.74) is 3.81. The van der Waals surface area contributed by atoms with Gasteiger partial charge in [0.2, 0.25) is 5.71 Å². The zero-order valence-electron chi connectivity index (χ0n) is 25.3. The van der Waals surface area contributed by atoms with Crippen molar-refractivity contribution in [2.75, 3.05) is 32.7 Å². The van der Waals surface area contributed by atoms with E-state index in [-0.39, 0.29) is 6.29 Å². The molecule has 0 saturated carbocycles. The molecule has 0 radical (unpaired) electrons. The van der Waals surface area contributed by atoms with Crippen LogP contribution in [-0.2, 0) is 9.47 Å². The van der Waals surface area contributed by atoms with Gasteiger partial charge in [0.05, 0.1) is 18.5 Å². The van der Waals surface area contributed by atoms with Crippen molar-refractivity contribution >= 4 is 16.8 Å². The lowest BCUT2D eigenvalue weighted by Gasteiger charge is -2.15. The van der Waals surface area contributed by atoms with E-state index in [9.17, 15) is 0 Å². The number of ether oxygens (including phenoxy) is 3. The summed E-state index contributed by atoms with van der Waals surface area (Å²) in [7, 11) is 3.23. The van der Waals surface area contributed by atoms with E-state index in [2.05, 4.69) is 57.1 Å². The van der Waals surface area contributed by atoms with Gasteiger partial charge in [-0.15, -0.1) is 0 Å². The van der Waals surface area contributed by atoms with Gasteiger partial charge in [0.25, 0.3) is 0 Å². The van der Waals surface area contributed by atoms with Crippen LogP contribution in [-0.4, -0.2) is 38.6 Å². The van der Waals surface area contributed by atoms with Crippen LogP contribution < -0.4 is 10.1 Å². The second-order valence-electron chi connectivity index (χ2n) is 9.23. The fraction of sp³-hybridized carbons (Fsp3) is 0.424. The molecule has 2 aromatic carbocycles. The number of aromatic nitrogens is 1. The van der Waals surface area contributed by atoms with Crippen molar-refractivity contribution in [1.82, 2.24) is 4.98 Å². The van der Waals surface area contributed by atoms with Crippen molar-refractivity contribution in [3.05, 3.63) is 78.5 Å². The minimum atomic E-state index is -0.319. The van der Waals surface area contributed by atoms with Crippen molar-refractivity contribution < 1.29 is 18.6 Å². The van der Waals surface area contributed by atoms with Gasteiger partial charge in [0.15, 0.2) is 6.29 Å². The number of anilines is 1. The van der Waals surface area contributed by atoms with Crippen molar-refractivity contribution in [1.29, 1.82) is 0 Å². The van der Waals surface area contributed by atoms with Crippen LogP contribution in [0, 0.1) is 12.8 Å². The standard InChI is InChI=1S/C20H24N2O4.C7H8.C4H10.C2H6/c1-4-11-25-15-7-5-14(6-8-15)18-12-16-17(9-10-21-20(16)26-18)22-13-19(23-2)24-3;1-7-5-3-2-4-6-7;1-4(2)3;1-2/h5-10,12,19H,4,11,13H2,1-3H3,(H,21,22);2-6H,1H3;4H,1-3H3;1-2H3. The molecule has 0 fully saturated rings. The van der Waals surface area contributed by atoms with Crippen LogP contribution in [0.1, 0.15) is 53.5 Å². The highest BCUT2D eigenvalue weighted by Gasteiger charge is 2.12. The average molecular weight is 537 g/mol. The van der Waals surface area contributed by atoms with Crippen LogP contribution in [0.25, 0.3) is 22.4 Å². The molecule has 4 aromatic rings. The van der Waals surface area contributed by atoms with Gasteiger partial charge in [-0.2, -0.15) is 0 Å². The second kappa shape index (κ2) is 19.7. The molecule has 0 aliphatic carbocycles. The van der Waals surface area contributed by atoms with Crippen molar-refractivity contribution in [3.8, 4) is 17.1 Å². The van der Waals surface area contributed by atoms with Gasteiger partial charge in [0, 0.05) is 31.7 Å². The van der Waals surface area contributed by atoms with Gasteiger partial charge in [-0.3, -0.25) is 0 Å². The number of furan rings is 1. The fourth-order valence-electron chi connectivity index (χ4n) is 3.16. The first-order valence-corrected chi connectivity index (χ1v) is 13.8. The van der Waals surface area contributed by atoms with Crippen LogP contribution in [0.4, 0.5) is 5.69 Å². The van der Waals surface area contributed by atoms with Crippen LogP contribution >= 0.6 is 0 Å². The summed E-state index contributed by atoms with van der Waals surface area (Å²) in [5.74, 6) is 2.45. The van der Waals surface area contributed by atoms with E-state index in [0.717, 1.165) is 40.5 Å². The molecule has 2 aromatic heterocycles. The average Bonchev–Trinajstić information content (AvgIpc) is 3.40. The molecule has 6 nitrogen and oxygen atoms in total. The summed E-state index contributed by atoms with van der Waals surface area (Å²) >= 11 is 0. The van der Waals surface area contributed by atoms with E-state index in [4.69, 9.17) is 18.6 Å². The summed E-state index contributed by atoms with van der Waals surface area (Å²) in [4.78, 5) is 4.32. The number of fused-ring (bicyclic) bond motifs is 1. The van der Waals surface area contributed by atoms with Gasteiger partial charge in [-0.25, -0.2) is 4.98 Å². The number of nitrogens with one attached hydrogen (secondary N) is 1. The lowest BCUT2D eigenvalue weighted by molar-refractivity contribution is -0.0913. The highest BCUT2D eigenvalue weighted by Crippen LogP contribution is 2.31. The number of benzene rings is 2. The van der Waals surface area contributed by atoms with Gasteiger partial charge in [-0.05, 0) is 55.7 Å². The predicted molar refractivity (Wildman–Crippen MR) is 165 cm³/mol. The Hall–Kier alpha value is -3.35. The first kappa shape index (κ1) is 33.7. The summed E-state index contributed by atoms with van der Waals surface area (Å²) in [6.07, 6.45) is 2.38. The third-order valence-corrected chi connectivity index (χ3v) is 4.97.